The van der Waals surface area contributed by atoms with Crippen LogP contribution in [0.1, 0.15) is 17.3 Å². The maximum atomic E-state index is 12.5. The van der Waals surface area contributed by atoms with E-state index in [0.29, 0.717) is 5.56 Å². The summed E-state index contributed by atoms with van der Waals surface area (Å²) in [5.74, 6) is -0.407. The van der Waals surface area contributed by atoms with Crippen LogP contribution in [0.2, 0.25) is 0 Å². The highest BCUT2D eigenvalue weighted by Gasteiger charge is 2.34. The summed E-state index contributed by atoms with van der Waals surface area (Å²) >= 11 is 3.22. The Morgan fingerprint density at radius 1 is 1.35 bits per heavy atom. The van der Waals surface area contributed by atoms with Crippen LogP contribution in [0, 0.1) is 0 Å². The molecule has 0 radical (unpaired) electrons. The van der Waals surface area contributed by atoms with E-state index in [9.17, 15) is 18.0 Å². The second kappa shape index (κ2) is 7.19. The first-order valence-electron chi connectivity index (χ1n) is 5.96. The topological polar surface area (TPSA) is 40.5 Å². The molecule has 112 valence electrons. The first kappa shape index (κ1) is 17.1. The van der Waals surface area contributed by atoms with Crippen molar-refractivity contribution in [2.75, 3.05) is 19.7 Å². The SMILES string of the molecule is CC(C(=O)c1ccc(Br)cc1)N(CCO)CC(F)(F)F. The number of rotatable bonds is 6. The number of carbonyl (C=O) groups excluding carboxylic acids is 1. The molecule has 20 heavy (non-hydrogen) atoms. The van der Waals surface area contributed by atoms with E-state index in [1.54, 1.807) is 24.3 Å². The van der Waals surface area contributed by atoms with Gasteiger partial charge in [0.1, 0.15) is 0 Å². The third-order valence-electron chi connectivity index (χ3n) is 2.83. The van der Waals surface area contributed by atoms with Gasteiger partial charge in [-0.2, -0.15) is 13.2 Å². The molecule has 3 nitrogen and oxygen atoms in total. The van der Waals surface area contributed by atoms with Gasteiger partial charge in [0.2, 0.25) is 0 Å². The molecule has 1 atom stereocenters. The van der Waals surface area contributed by atoms with Crippen molar-refractivity contribution in [3.05, 3.63) is 34.3 Å². The highest BCUT2D eigenvalue weighted by molar-refractivity contribution is 9.10. The van der Waals surface area contributed by atoms with Crippen LogP contribution >= 0.6 is 15.9 Å². The monoisotopic (exact) mass is 353 g/mol. The summed E-state index contributed by atoms with van der Waals surface area (Å²) in [5.41, 5.74) is 0.339. The molecule has 1 N–H and O–H groups in total. The zero-order valence-electron chi connectivity index (χ0n) is 10.8. The average molecular weight is 354 g/mol. The Hall–Kier alpha value is -0.920. The summed E-state index contributed by atoms with van der Waals surface area (Å²) in [6, 6.07) is 5.45. The number of hydrogen-bond donors (Lipinski definition) is 1. The Bertz CT molecular complexity index is 448. The van der Waals surface area contributed by atoms with Gasteiger partial charge >= 0.3 is 6.18 Å². The molecule has 1 aromatic carbocycles. The smallest absolute Gasteiger partial charge is 0.395 e. The normalized spacial score (nSPS) is 13.6. The fraction of sp³-hybridized carbons (Fsp3) is 0.462. The maximum absolute atomic E-state index is 12.5. The summed E-state index contributed by atoms with van der Waals surface area (Å²) in [4.78, 5) is 13.1. The fourth-order valence-electron chi connectivity index (χ4n) is 1.79. The molecular weight excluding hydrogens is 339 g/mol. The number of ketones is 1. The quantitative estimate of drug-likeness (QED) is 0.799. The van der Waals surface area contributed by atoms with Gasteiger partial charge < -0.3 is 5.11 Å². The van der Waals surface area contributed by atoms with Crippen LogP contribution in [-0.4, -0.2) is 47.7 Å². The number of nitrogens with zero attached hydrogens (tertiary/aromatic N) is 1. The van der Waals surface area contributed by atoms with Gasteiger partial charge in [-0.05, 0) is 19.1 Å². The Morgan fingerprint density at radius 3 is 2.35 bits per heavy atom. The van der Waals surface area contributed by atoms with Crippen LogP contribution in [0.5, 0.6) is 0 Å². The van der Waals surface area contributed by atoms with E-state index in [1.165, 1.54) is 6.92 Å². The number of aliphatic hydroxyl groups is 1. The van der Waals surface area contributed by atoms with E-state index < -0.39 is 31.2 Å². The van der Waals surface area contributed by atoms with Crippen molar-refractivity contribution in [2.45, 2.75) is 19.1 Å². The van der Waals surface area contributed by atoms with Gasteiger partial charge in [-0.25, -0.2) is 0 Å². The lowest BCUT2D eigenvalue weighted by Gasteiger charge is -2.28. The Kier molecular flexibility index (Phi) is 6.16. The summed E-state index contributed by atoms with van der Waals surface area (Å²) in [6.45, 7) is -0.459. The third-order valence-corrected chi connectivity index (χ3v) is 3.35. The molecule has 0 heterocycles. The molecular formula is C13H15BrF3NO2. The van der Waals surface area contributed by atoms with E-state index in [2.05, 4.69) is 15.9 Å². The number of hydrogen-bond acceptors (Lipinski definition) is 3. The van der Waals surface area contributed by atoms with Crippen molar-refractivity contribution in [2.24, 2.45) is 0 Å². The number of alkyl halides is 3. The van der Waals surface area contributed by atoms with Crippen LogP contribution in [0.25, 0.3) is 0 Å². The highest BCUT2D eigenvalue weighted by atomic mass is 79.9. The van der Waals surface area contributed by atoms with Gasteiger partial charge in [0.25, 0.3) is 0 Å². The maximum Gasteiger partial charge on any atom is 0.401 e. The van der Waals surface area contributed by atoms with Gasteiger partial charge in [0.05, 0.1) is 19.2 Å². The number of benzene rings is 1. The van der Waals surface area contributed by atoms with Gasteiger partial charge in [0, 0.05) is 16.6 Å². The van der Waals surface area contributed by atoms with Crippen LogP contribution in [0.4, 0.5) is 13.2 Å². The average Bonchev–Trinajstić information content (AvgIpc) is 2.36. The minimum atomic E-state index is -4.41. The minimum absolute atomic E-state index is 0.205. The van der Waals surface area contributed by atoms with E-state index >= 15 is 0 Å². The lowest BCUT2D eigenvalue weighted by atomic mass is 10.0. The Morgan fingerprint density at radius 2 is 1.90 bits per heavy atom. The van der Waals surface area contributed by atoms with Gasteiger partial charge in [0.15, 0.2) is 5.78 Å². The van der Waals surface area contributed by atoms with Gasteiger partial charge in [-0.15, -0.1) is 0 Å². The summed E-state index contributed by atoms with van der Waals surface area (Å²) in [6.07, 6.45) is -4.41. The Balaban J connectivity index is 2.85. The number of halogens is 4. The molecule has 0 aliphatic carbocycles. The van der Waals surface area contributed by atoms with Gasteiger partial charge in [-0.3, -0.25) is 9.69 Å². The van der Waals surface area contributed by atoms with Crippen molar-refractivity contribution in [3.63, 3.8) is 0 Å². The van der Waals surface area contributed by atoms with Crippen molar-refractivity contribution in [3.8, 4) is 0 Å². The standard InChI is InChI=1S/C13H15BrF3NO2/c1-9(18(6-7-19)8-13(15,16)17)12(20)10-2-4-11(14)5-3-10/h2-5,9,19H,6-8H2,1H3. The molecule has 0 amide bonds. The zero-order valence-corrected chi connectivity index (χ0v) is 12.4. The van der Waals surface area contributed by atoms with Crippen molar-refractivity contribution < 1.29 is 23.1 Å². The van der Waals surface area contributed by atoms with Crippen molar-refractivity contribution >= 4 is 21.7 Å². The molecule has 0 saturated heterocycles. The molecule has 0 aliphatic heterocycles. The van der Waals surface area contributed by atoms with Gasteiger partial charge in [-0.1, -0.05) is 28.1 Å². The number of aliphatic hydroxyl groups excluding tert-OH is 1. The van der Waals surface area contributed by atoms with Crippen LogP contribution < -0.4 is 0 Å². The zero-order chi connectivity index (χ0) is 15.3. The van der Waals surface area contributed by atoms with Crippen LogP contribution in [0.15, 0.2) is 28.7 Å². The van der Waals surface area contributed by atoms with E-state index in [4.69, 9.17) is 5.11 Å². The van der Waals surface area contributed by atoms with E-state index in [1.807, 2.05) is 0 Å². The lowest BCUT2D eigenvalue weighted by Crippen LogP contribution is -2.45. The van der Waals surface area contributed by atoms with Crippen LogP contribution in [-0.2, 0) is 0 Å². The summed E-state index contributed by atoms with van der Waals surface area (Å²) < 4.78 is 38.2. The van der Waals surface area contributed by atoms with Crippen molar-refractivity contribution in [1.82, 2.24) is 4.90 Å². The molecule has 0 saturated carbocycles. The minimum Gasteiger partial charge on any atom is -0.395 e. The number of carbonyl (C=O) groups is 1. The molecule has 0 bridgehead atoms. The predicted molar refractivity (Wildman–Crippen MR) is 72.6 cm³/mol. The first-order chi connectivity index (χ1) is 9.24. The molecule has 1 unspecified atom stereocenters. The first-order valence-corrected chi connectivity index (χ1v) is 6.75. The fourth-order valence-corrected chi connectivity index (χ4v) is 2.05. The highest BCUT2D eigenvalue weighted by Crippen LogP contribution is 2.20. The number of Topliss-reactive ketones (excluding diaryl/α,β-unsaturated/α-hetero) is 1. The lowest BCUT2D eigenvalue weighted by molar-refractivity contribution is -0.149. The Labute approximate surface area is 123 Å². The molecule has 1 rings (SSSR count). The molecule has 7 heteroatoms. The summed E-state index contributed by atoms with van der Waals surface area (Å²) in [7, 11) is 0. The van der Waals surface area contributed by atoms with E-state index in [0.717, 1.165) is 9.37 Å². The van der Waals surface area contributed by atoms with Crippen LogP contribution in [0.3, 0.4) is 0 Å². The molecule has 0 aromatic heterocycles. The largest absolute Gasteiger partial charge is 0.401 e. The molecule has 1 aromatic rings. The van der Waals surface area contributed by atoms with Crippen molar-refractivity contribution in [1.29, 1.82) is 0 Å². The summed E-state index contributed by atoms with van der Waals surface area (Å²) in [5, 5.41) is 8.84. The molecule has 0 spiro atoms. The molecule has 0 fully saturated rings. The third kappa shape index (κ3) is 5.22. The molecule has 0 aliphatic rings. The second-order valence-electron chi connectivity index (χ2n) is 4.36. The predicted octanol–water partition coefficient (Wildman–Crippen LogP) is 2.88. The van der Waals surface area contributed by atoms with E-state index in [-0.39, 0.29) is 6.54 Å². The second-order valence-corrected chi connectivity index (χ2v) is 5.27.